The highest BCUT2D eigenvalue weighted by atomic mass is 32.2. The number of hydrogen-bond acceptors (Lipinski definition) is 9. The third-order valence-electron chi connectivity index (χ3n) is 6.62. The van der Waals surface area contributed by atoms with Crippen LogP contribution in [0.4, 0.5) is 16.3 Å². The van der Waals surface area contributed by atoms with E-state index in [0.717, 1.165) is 45.7 Å². The molecule has 1 saturated carbocycles. The fraction of sp³-hybridized carbons (Fsp3) is 0.333. The van der Waals surface area contributed by atoms with Crippen molar-refractivity contribution in [2.45, 2.75) is 44.6 Å². The van der Waals surface area contributed by atoms with Crippen LogP contribution in [0.2, 0.25) is 0 Å². The average Bonchev–Trinajstić information content (AvgIpc) is 3.20. The van der Waals surface area contributed by atoms with E-state index >= 15 is 0 Å². The molecule has 6 rings (SSSR count). The Morgan fingerprint density at radius 3 is 2.54 bits per heavy atom. The Morgan fingerprint density at radius 2 is 1.88 bits per heavy atom. The number of sulfonamides is 1. The van der Waals surface area contributed by atoms with Crippen molar-refractivity contribution >= 4 is 54.2 Å². The van der Waals surface area contributed by atoms with Gasteiger partial charge in [0, 0.05) is 35.0 Å². The maximum Gasteiger partial charge on any atom is 0.324 e. The second-order valence-corrected chi connectivity index (χ2v) is 14.0. The summed E-state index contributed by atoms with van der Waals surface area (Å²) in [4.78, 5) is 23.3. The number of fused-ring (bicyclic) bond motifs is 3. The van der Waals surface area contributed by atoms with Crippen molar-refractivity contribution < 1.29 is 22.5 Å². The van der Waals surface area contributed by atoms with Crippen molar-refractivity contribution in [2.75, 3.05) is 23.5 Å². The lowest BCUT2D eigenvalue weighted by atomic mass is 9.93. The standard InChI is InChI=1S/C27H29N7O5S2/c1-26(2,3)20-13-21(32-39-20)30-24(35)28-17-7-5-16(6-8-17)18-14-34-19-9-10-22(31-23(19)40-25(34)29-18)38-15-27(11-12-27)33-41(4,36)37/h5-10,13-14,33H,11-12,15H2,1-4H3,(H2,28,30,32,35). The molecular formula is C27H29N7O5S2. The first kappa shape index (κ1) is 27.2. The number of pyridine rings is 1. The van der Waals surface area contributed by atoms with Gasteiger partial charge in [0.2, 0.25) is 15.9 Å². The fourth-order valence-electron chi connectivity index (χ4n) is 4.31. The Hall–Kier alpha value is -4.01. The Balaban J connectivity index is 1.11. The Labute approximate surface area is 240 Å². The summed E-state index contributed by atoms with van der Waals surface area (Å²) in [6.07, 6.45) is 4.58. The number of anilines is 2. The van der Waals surface area contributed by atoms with E-state index < -0.39 is 21.6 Å². The van der Waals surface area contributed by atoms with E-state index in [1.54, 1.807) is 24.3 Å². The molecule has 14 heteroatoms. The molecule has 4 heterocycles. The lowest BCUT2D eigenvalue weighted by Crippen LogP contribution is -2.40. The molecule has 1 aliphatic rings. The topological polar surface area (TPSA) is 153 Å². The van der Waals surface area contributed by atoms with Gasteiger partial charge in [-0.3, -0.25) is 9.72 Å². The van der Waals surface area contributed by atoms with Crippen molar-refractivity contribution in [3.05, 3.63) is 54.4 Å². The molecule has 0 aliphatic heterocycles. The molecule has 0 unspecified atom stereocenters. The maximum atomic E-state index is 12.4. The molecule has 0 atom stereocenters. The van der Waals surface area contributed by atoms with E-state index in [0.29, 0.717) is 23.1 Å². The van der Waals surface area contributed by atoms with Crippen molar-refractivity contribution in [1.29, 1.82) is 0 Å². The van der Waals surface area contributed by atoms with E-state index in [1.807, 2.05) is 49.6 Å². The summed E-state index contributed by atoms with van der Waals surface area (Å²) in [6, 6.07) is 12.4. The van der Waals surface area contributed by atoms with Gasteiger partial charge in [-0.2, -0.15) is 0 Å². The average molecular weight is 596 g/mol. The number of nitrogens with one attached hydrogen (secondary N) is 3. The van der Waals surface area contributed by atoms with Crippen LogP contribution in [0.1, 0.15) is 39.4 Å². The summed E-state index contributed by atoms with van der Waals surface area (Å²) in [5.74, 6) is 1.47. The van der Waals surface area contributed by atoms with Gasteiger partial charge in [-0.05, 0) is 31.0 Å². The second-order valence-electron chi connectivity index (χ2n) is 11.3. The number of thiazole rings is 1. The number of hydrogen-bond donors (Lipinski definition) is 3. The van der Waals surface area contributed by atoms with Gasteiger partial charge in [0.1, 0.15) is 17.2 Å². The van der Waals surface area contributed by atoms with Crippen molar-refractivity contribution in [3.63, 3.8) is 0 Å². The number of aromatic nitrogens is 4. The number of urea groups is 1. The van der Waals surface area contributed by atoms with E-state index in [2.05, 4.69) is 25.5 Å². The number of nitrogens with zero attached hydrogens (tertiary/aromatic N) is 4. The van der Waals surface area contributed by atoms with Gasteiger partial charge in [0.15, 0.2) is 10.8 Å². The molecule has 41 heavy (non-hydrogen) atoms. The zero-order valence-corrected chi connectivity index (χ0v) is 24.5. The van der Waals surface area contributed by atoms with Crippen LogP contribution in [0.25, 0.3) is 26.6 Å². The normalized spacial score (nSPS) is 14.8. The smallest absolute Gasteiger partial charge is 0.324 e. The number of carbonyl (C=O) groups is 1. The van der Waals surface area contributed by atoms with E-state index in [-0.39, 0.29) is 12.0 Å². The van der Waals surface area contributed by atoms with Crippen LogP contribution in [0.15, 0.2) is 53.2 Å². The molecule has 0 spiro atoms. The Kier molecular flexibility index (Phi) is 6.51. The van der Waals surface area contributed by atoms with Crippen LogP contribution in [0.5, 0.6) is 5.88 Å². The van der Waals surface area contributed by atoms with Crippen molar-refractivity contribution in [1.82, 2.24) is 24.2 Å². The minimum absolute atomic E-state index is 0.207. The van der Waals surface area contributed by atoms with Crippen LogP contribution in [-0.2, 0) is 15.4 Å². The molecule has 4 aromatic heterocycles. The Bertz CT molecular complexity index is 1860. The number of imidazole rings is 1. The molecule has 0 saturated heterocycles. The Morgan fingerprint density at radius 1 is 1.12 bits per heavy atom. The first-order valence-electron chi connectivity index (χ1n) is 12.9. The van der Waals surface area contributed by atoms with Crippen LogP contribution < -0.4 is 20.1 Å². The zero-order valence-electron chi connectivity index (χ0n) is 22.9. The molecule has 12 nitrogen and oxygen atoms in total. The fourth-order valence-corrected chi connectivity index (χ4v) is 6.33. The van der Waals surface area contributed by atoms with Crippen molar-refractivity contribution in [3.8, 4) is 17.1 Å². The van der Waals surface area contributed by atoms with E-state index in [9.17, 15) is 13.2 Å². The van der Waals surface area contributed by atoms with Crippen LogP contribution >= 0.6 is 11.3 Å². The monoisotopic (exact) mass is 595 g/mol. The lowest BCUT2D eigenvalue weighted by Gasteiger charge is -2.16. The number of carbonyl (C=O) groups excluding carboxylic acids is 1. The van der Waals surface area contributed by atoms with Gasteiger partial charge in [-0.25, -0.2) is 27.9 Å². The molecule has 2 amide bonds. The summed E-state index contributed by atoms with van der Waals surface area (Å²) in [5, 5.41) is 9.38. The third kappa shape index (κ3) is 6.04. The summed E-state index contributed by atoms with van der Waals surface area (Å²) < 4.78 is 39.0. The van der Waals surface area contributed by atoms with Crippen LogP contribution in [0, 0.1) is 0 Å². The summed E-state index contributed by atoms with van der Waals surface area (Å²) >= 11 is 1.44. The SMILES string of the molecule is CC(C)(C)c1cc(NC(=O)Nc2ccc(-c3cn4c(n3)sc3nc(OCC5(NS(C)(=O)=O)CC5)ccc34)cc2)no1. The van der Waals surface area contributed by atoms with Crippen LogP contribution in [0.3, 0.4) is 0 Å². The summed E-state index contributed by atoms with van der Waals surface area (Å²) in [7, 11) is -3.31. The molecule has 1 aromatic carbocycles. The molecule has 0 bridgehead atoms. The molecule has 5 aromatic rings. The van der Waals surface area contributed by atoms with E-state index in [1.165, 1.54) is 11.3 Å². The number of ether oxygens (including phenoxy) is 1. The van der Waals surface area contributed by atoms with E-state index in [4.69, 9.17) is 14.2 Å². The van der Waals surface area contributed by atoms with Gasteiger partial charge in [0.25, 0.3) is 0 Å². The zero-order chi connectivity index (χ0) is 29.0. The van der Waals surface area contributed by atoms with Gasteiger partial charge in [-0.1, -0.05) is 49.4 Å². The predicted octanol–water partition coefficient (Wildman–Crippen LogP) is 5.00. The highest BCUT2D eigenvalue weighted by molar-refractivity contribution is 7.88. The quantitative estimate of drug-likeness (QED) is 0.227. The highest BCUT2D eigenvalue weighted by Gasteiger charge is 2.46. The van der Waals surface area contributed by atoms with Gasteiger partial charge in [0.05, 0.1) is 23.0 Å². The number of benzene rings is 1. The largest absolute Gasteiger partial charge is 0.476 e. The number of amides is 2. The molecule has 3 N–H and O–H groups in total. The van der Waals surface area contributed by atoms with Gasteiger partial charge >= 0.3 is 6.03 Å². The lowest BCUT2D eigenvalue weighted by molar-refractivity contribution is 0.260. The molecule has 0 radical (unpaired) electrons. The first-order chi connectivity index (χ1) is 19.4. The molecule has 214 valence electrons. The van der Waals surface area contributed by atoms with Gasteiger partial charge in [-0.15, -0.1) is 0 Å². The third-order valence-corrected chi connectivity index (χ3v) is 8.39. The first-order valence-corrected chi connectivity index (χ1v) is 15.6. The van der Waals surface area contributed by atoms with Crippen LogP contribution in [-0.4, -0.2) is 52.4 Å². The molecule has 1 fully saturated rings. The maximum absolute atomic E-state index is 12.4. The number of rotatable bonds is 8. The summed E-state index contributed by atoms with van der Waals surface area (Å²) in [5.41, 5.74) is 2.45. The molecule has 1 aliphatic carbocycles. The van der Waals surface area contributed by atoms with Gasteiger partial charge < -0.3 is 14.6 Å². The second kappa shape index (κ2) is 9.82. The van der Waals surface area contributed by atoms with Crippen molar-refractivity contribution in [2.24, 2.45) is 0 Å². The predicted molar refractivity (Wildman–Crippen MR) is 157 cm³/mol. The minimum Gasteiger partial charge on any atom is -0.476 e. The summed E-state index contributed by atoms with van der Waals surface area (Å²) in [6.45, 7) is 6.24. The highest BCUT2D eigenvalue weighted by Crippen LogP contribution is 2.37. The molecular weight excluding hydrogens is 566 g/mol. The minimum atomic E-state index is -3.31.